The fourth-order valence-corrected chi connectivity index (χ4v) is 1.38. The third kappa shape index (κ3) is 9.44. The van der Waals surface area contributed by atoms with E-state index in [2.05, 4.69) is 11.0 Å². The zero-order valence-corrected chi connectivity index (χ0v) is 9.81. The van der Waals surface area contributed by atoms with Gasteiger partial charge in [-0.25, -0.2) is 0 Å². The fraction of sp³-hybridized carbons (Fsp3) is 0.818. The molecule has 0 aliphatic rings. The lowest BCUT2D eigenvalue weighted by Gasteiger charge is -2.20. The highest BCUT2D eigenvalue weighted by molar-refractivity contribution is 5.66. The van der Waals surface area contributed by atoms with Crippen LogP contribution in [0.5, 0.6) is 0 Å². The van der Waals surface area contributed by atoms with Gasteiger partial charge >= 0.3 is 5.97 Å². The van der Waals surface area contributed by atoms with Gasteiger partial charge in [0, 0.05) is 33.0 Å². The van der Waals surface area contributed by atoms with Gasteiger partial charge in [-0.15, -0.1) is 0 Å². The Hall–Kier alpha value is -1.12. The minimum absolute atomic E-state index is 0.219. The van der Waals surface area contributed by atoms with Crippen molar-refractivity contribution >= 4 is 5.97 Å². The second-order valence-electron chi connectivity index (χ2n) is 3.59. The van der Waals surface area contributed by atoms with Gasteiger partial charge in [0.1, 0.15) is 0 Å². The Morgan fingerprint density at radius 2 is 2.12 bits per heavy atom. The molecule has 0 radical (unpaired) electrons. The molecule has 0 heterocycles. The number of nitriles is 1. The van der Waals surface area contributed by atoms with Crippen molar-refractivity contribution in [1.29, 1.82) is 5.26 Å². The summed E-state index contributed by atoms with van der Waals surface area (Å²) in [6.45, 7) is 3.00. The van der Waals surface area contributed by atoms with Crippen LogP contribution in [0, 0.1) is 11.3 Å². The molecule has 0 bridgehead atoms. The lowest BCUT2D eigenvalue weighted by molar-refractivity contribution is -0.137. The van der Waals surface area contributed by atoms with Crippen molar-refractivity contribution < 1.29 is 14.6 Å². The summed E-state index contributed by atoms with van der Waals surface area (Å²) in [6.07, 6.45) is 2.26. The second kappa shape index (κ2) is 10.4. The normalized spacial score (nSPS) is 10.3. The van der Waals surface area contributed by atoms with Crippen LogP contribution in [-0.2, 0) is 9.53 Å². The van der Waals surface area contributed by atoms with Gasteiger partial charge in [0.15, 0.2) is 0 Å². The molecule has 0 saturated carbocycles. The first-order valence-electron chi connectivity index (χ1n) is 5.50. The summed E-state index contributed by atoms with van der Waals surface area (Å²) >= 11 is 0. The van der Waals surface area contributed by atoms with E-state index in [9.17, 15) is 4.79 Å². The number of hydrogen-bond acceptors (Lipinski definition) is 4. The average molecular weight is 228 g/mol. The Kier molecular flexibility index (Phi) is 9.67. The van der Waals surface area contributed by atoms with Gasteiger partial charge in [-0.1, -0.05) is 0 Å². The maximum absolute atomic E-state index is 10.3. The topological polar surface area (TPSA) is 73.6 Å². The molecule has 1 N–H and O–H groups in total. The van der Waals surface area contributed by atoms with E-state index in [1.54, 1.807) is 7.11 Å². The van der Waals surface area contributed by atoms with E-state index in [0.717, 1.165) is 26.1 Å². The lowest BCUT2D eigenvalue weighted by Crippen LogP contribution is -2.29. The molecule has 0 aliphatic heterocycles. The first kappa shape index (κ1) is 14.9. The van der Waals surface area contributed by atoms with Gasteiger partial charge in [-0.05, 0) is 19.4 Å². The van der Waals surface area contributed by atoms with E-state index in [1.807, 2.05) is 0 Å². The number of ether oxygens (including phenoxy) is 1. The van der Waals surface area contributed by atoms with Gasteiger partial charge in [-0.2, -0.15) is 5.26 Å². The summed E-state index contributed by atoms with van der Waals surface area (Å²) in [5, 5.41) is 17.0. The van der Waals surface area contributed by atoms with Crippen LogP contribution >= 0.6 is 0 Å². The second-order valence-corrected chi connectivity index (χ2v) is 3.59. The highest BCUT2D eigenvalue weighted by Gasteiger charge is 2.04. The van der Waals surface area contributed by atoms with Crippen molar-refractivity contribution in [2.24, 2.45) is 0 Å². The van der Waals surface area contributed by atoms with Crippen LogP contribution in [0.2, 0.25) is 0 Å². The van der Waals surface area contributed by atoms with Crippen molar-refractivity contribution in [3.8, 4) is 6.07 Å². The van der Waals surface area contributed by atoms with E-state index < -0.39 is 5.97 Å². The predicted molar refractivity (Wildman–Crippen MR) is 60.0 cm³/mol. The van der Waals surface area contributed by atoms with E-state index in [4.69, 9.17) is 15.1 Å². The number of hydrogen-bond donors (Lipinski definition) is 1. The predicted octanol–water partition coefficient (Wildman–Crippen LogP) is 1.10. The SMILES string of the molecule is COCCN(CCC#N)CCCCC(=O)O. The largest absolute Gasteiger partial charge is 0.481 e. The van der Waals surface area contributed by atoms with Crippen LogP contribution in [0.25, 0.3) is 0 Å². The molecule has 0 saturated heterocycles. The lowest BCUT2D eigenvalue weighted by atomic mass is 10.2. The maximum atomic E-state index is 10.3. The summed E-state index contributed by atoms with van der Waals surface area (Å²) in [7, 11) is 1.65. The van der Waals surface area contributed by atoms with E-state index in [1.165, 1.54) is 0 Å². The molecule has 0 spiro atoms. The molecule has 5 heteroatoms. The third-order valence-corrected chi connectivity index (χ3v) is 2.27. The van der Waals surface area contributed by atoms with Gasteiger partial charge in [0.05, 0.1) is 12.7 Å². The van der Waals surface area contributed by atoms with Crippen LogP contribution in [0.3, 0.4) is 0 Å². The van der Waals surface area contributed by atoms with Gasteiger partial charge in [-0.3, -0.25) is 4.79 Å². The Bertz CT molecular complexity index is 226. The summed E-state index contributed by atoms with van der Waals surface area (Å²) in [5.41, 5.74) is 0. The number of carboxylic acid groups (broad SMARTS) is 1. The van der Waals surface area contributed by atoms with E-state index in [0.29, 0.717) is 19.4 Å². The molecule has 0 fully saturated rings. The van der Waals surface area contributed by atoms with Crippen LogP contribution < -0.4 is 0 Å². The third-order valence-electron chi connectivity index (χ3n) is 2.27. The molecule has 5 nitrogen and oxygen atoms in total. The number of carboxylic acids is 1. The van der Waals surface area contributed by atoms with Gasteiger partial charge in [0.25, 0.3) is 0 Å². The summed E-state index contributed by atoms with van der Waals surface area (Å²) in [6, 6.07) is 2.11. The number of unbranched alkanes of at least 4 members (excludes halogenated alkanes) is 1. The number of aliphatic carboxylic acids is 1. The highest BCUT2D eigenvalue weighted by Crippen LogP contribution is 2.00. The minimum atomic E-state index is -0.750. The molecule has 92 valence electrons. The number of methoxy groups -OCH3 is 1. The number of carbonyl (C=O) groups is 1. The van der Waals surface area contributed by atoms with Crippen LogP contribution in [-0.4, -0.2) is 49.3 Å². The summed E-state index contributed by atoms with van der Waals surface area (Å²) in [5.74, 6) is -0.750. The van der Waals surface area contributed by atoms with Crippen molar-refractivity contribution in [3.05, 3.63) is 0 Å². The molecule has 0 aromatic carbocycles. The van der Waals surface area contributed by atoms with Gasteiger partial charge < -0.3 is 14.7 Å². The zero-order chi connectivity index (χ0) is 12.2. The molecular formula is C11H20N2O3. The van der Waals surface area contributed by atoms with Gasteiger partial charge in [0.2, 0.25) is 0 Å². The van der Waals surface area contributed by atoms with E-state index in [-0.39, 0.29) is 6.42 Å². The summed E-state index contributed by atoms with van der Waals surface area (Å²) in [4.78, 5) is 12.4. The Labute approximate surface area is 96.6 Å². The minimum Gasteiger partial charge on any atom is -0.481 e. The Morgan fingerprint density at radius 3 is 2.69 bits per heavy atom. The molecule has 0 atom stereocenters. The standard InChI is InChI=1S/C11H20N2O3/c1-16-10-9-13(8-4-6-12)7-3-2-5-11(14)15/h2-5,7-10H2,1H3,(H,14,15). The van der Waals surface area contributed by atoms with E-state index >= 15 is 0 Å². The first-order chi connectivity index (χ1) is 7.70. The smallest absolute Gasteiger partial charge is 0.303 e. The van der Waals surface area contributed by atoms with Crippen molar-refractivity contribution in [2.75, 3.05) is 33.4 Å². The molecule has 0 aliphatic carbocycles. The monoisotopic (exact) mass is 228 g/mol. The molecular weight excluding hydrogens is 208 g/mol. The van der Waals surface area contributed by atoms with Crippen molar-refractivity contribution in [1.82, 2.24) is 4.90 Å². The van der Waals surface area contributed by atoms with Crippen molar-refractivity contribution in [3.63, 3.8) is 0 Å². The first-order valence-corrected chi connectivity index (χ1v) is 5.50. The number of rotatable bonds is 10. The van der Waals surface area contributed by atoms with Crippen LogP contribution in [0.1, 0.15) is 25.7 Å². The van der Waals surface area contributed by atoms with Crippen LogP contribution in [0.15, 0.2) is 0 Å². The van der Waals surface area contributed by atoms with Crippen LogP contribution in [0.4, 0.5) is 0 Å². The molecule has 0 amide bonds. The molecule has 0 rings (SSSR count). The zero-order valence-electron chi connectivity index (χ0n) is 9.81. The fourth-order valence-electron chi connectivity index (χ4n) is 1.38. The Morgan fingerprint density at radius 1 is 1.38 bits per heavy atom. The Balaban J connectivity index is 3.64. The quantitative estimate of drug-likeness (QED) is 0.567. The molecule has 16 heavy (non-hydrogen) atoms. The van der Waals surface area contributed by atoms with Crippen molar-refractivity contribution in [2.45, 2.75) is 25.7 Å². The molecule has 0 unspecified atom stereocenters. The molecule has 0 aromatic heterocycles. The average Bonchev–Trinajstić information content (AvgIpc) is 2.26. The number of nitrogens with zero attached hydrogens (tertiary/aromatic N) is 2. The molecule has 0 aromatic rings. The highest BCUT2D eigenvalue weighted by atomic mass is 16.5. The summed E-state index contributed by atoms with van der Waals surface area (Å²) < 4.78 is 4.98. The maximum Gasteiger partial charge on any atom is 0.303 e.